The number of allylic oxidation sites excluding steroid dienone is 1. The molecule has 0 saturated carbocycles. The number of aliphatic carboxylic acids is 2. The lowest BCUT2D eigenvalue weighted by Crippen LogP contribution is -2.16. The third-order valence-corrected chi connectivity index (χ3v) is 2.34. The smallest absolute Gasteiger partial charge is 0.414 e. The van der Waals surface area contributed by atoms with Gasteiger partial charge in [0, 0.05) is 6.54 Å². The van der Waals surface area contributed by atoms with E-state index in [-0.39, 0.29) is 0 Å². The molecule has 1 aromatic rings. The van der Waals surface area contributed by atoms with Crippen LogP contribution >= 0.6 is 0 Å². The molecule has 0 bridgehead atoms. The van der Waals surface area contributed by atoms with Gasteiger partial charge in [-0.25, -0.2) is 9.59 Å². The molecule has 0 spiro atoms. The summed E-state index contributed by atoms with van der Waals surface area (Å²) in [6.45, 7) is 3.44. The Hall–Kier alpha value is -2.54. The highest BCUT2D eigenvalue weighted by atomic mass is 16.5. The van der Waals surface area contributed by atoms with E-state index in [1.165, 1.54) is 0 Å². The number of hydrogen-bond donors (Lipinski definition) is 3. The Morgan fingerprint density at radius 1 is 1.23 bits per heavy atom. The fraction of sp³-hybridized carbons (Fsp3) is 0.333. The summed E-state index contributed by atoms with van der Waals surface area (Å²) >= 11 is 0. The molecular weight excluding hydrogens is 290 g/mol. The van der Waals surface area contributed by atoms with E-state index < -0.39 is 11.9 Å². The Balaban J connectivity index is 0.000000626. The van der Waals surface area contributed by atoms with Crippen LogP contribution in [0.2, 0.25) is 0 Å². The highest BCUT2D eigenvalue weighted by Crippen LogP contribution is 2.28. The average molecular weight is 311 g/mol. The van der Waals surface area contributed by atoms with Crippen LogP contribution in [0.15, 0.2) is 24.3 Å². The molecule has 0 aromatic heterocycles. The maximum atomic E-state index is 9.10. The van der Waals surface area contributed by atoms with Gasteiger partial charge < -0.3 is 25.0 Å². The Bertz CT molecular complexity index is 501. The number of carbonyl (C=O) groups is 2. The largest absolute Gasteiger partial charge is 0.493 e. The summed E-state index contributed by atoms with van der Waals surface area (Å²) in [7, 11) is 3.55. The van der Waals surface area contributed by atoms with Gasteiger partial charge in [0.05, 0.1) is 7.11 Å². The molecule has 0 saturated heterocycles. The molecule has 0 aliphatic heterocycles. The predicted molar refractivity (Wildman–Crippen MR) is 82.4 cm³/mol. The molecule has 122 valence electrons. The first-order valence-electron chi connectivity index (χ1n) is 6.50. The lowest BCUT2D eigenvalue weighted by Gasteiger charge is -2.11. The fourth-order valence-electron chi connectivity index (χ4n) is 1.36. The summed E-state index contributed by atoms with van der Waals surface area (Å²) in [4.78, 5) is 18.2. The normalized spacial score (nSPS) is 9.77. The van der Waals surface area contributed by atoms with Crippen molar-refractivity contribution in [2.45, 2.75) is 6.92 Å². The third kappa shape index (κ3) is 7.91. The monoisotopic (exact) mass is 311 g/mol. The van der Waals surface area contributed by atoms with E-state index in [9.17, 15) is 0 Å². The van der Waals surface area contributed by atoms with Crippen molar-refractivity contribution >= 4 is 18.0 Å². The van der Waals surface area contributed by atoms with E-state index in [0.717, 1.165) is 23.6 Å². The molecule has 0 atom stereocenters. The van der Waals surface area contributed by atoms with Crippen molar-refractivity contribution in [2.24, 2.45) is 0 Å². The first-order chi connectivity index (χ1) is 10.5. The van der Waals surface area contributed by atoms with Crippen LogP contribution in [-0.4, -0.2) is 49.5 Å². The highest BCUT2D eigenvalue weighted by Gasteiger charge is 2.04. The summed E-state index contributed by atoms with van der Waals surface area (Å²) < 4.78 is 10.9. The number of ether oxygens (including phenoxy) is 2. The van der Waals surface area contributed by atoms with Crippen molar-refractivity contribution in [2.75, 3.05) is 27.3 Å². The predicted octanol–water partition coefficient (Wildman–Crippen LogP) is 1.48. The standard InChI is InChI=1S/C13H19NO2.C2H2O4/c1-4-5-11-6-7-12(13(10-11)15-3)16-9-8-14-2;3-1(4)2(5)6/h4-7,10,14H,8-9H2,1-3H3;(H,3,4)(H,5,6)/b5-4+;. The quantitative estimate of drug-likeness (QED) is 0.540. The van der Waals surface area contributed by atoms with E-state index in [1.54, 1.807) is 7.11 Å². The topological polar surface area (TPSA) is 105 Å². The number of nitrogens with one attached hydrogen (secondary N) is 1. The van der Waals surface area contributed by atoms with E-state index in [2.05, 4.69) is 5.32 Å². The molecule has 0 aliphatic rings. The molecule has 22 heavy (non-hydrogen) atoms. The van der Waals surface area contributed by atoms with E-state index in [4.69, 9.17) is 29.3 Å². The molecule has 3 N–H and O–H groups in total. The summed E-state index contributed by atoms with van der Waals surface area (Å²) in [5.41, 5.74) is 1.11. The molecule has 0 aliphatic carbocycles. The van der Waals surface area contributed by atoms with Crippen molar-refractivity contribution in [3.05, 3.63) is 29.8 Å². The zero-order valence-electron chi connectivity index (χ0n) is 12.8. The number of likely N-dealkylation sites (N-methyl/N-ethyl adjacent to an activating group) is 1. The van der Waals surface area contributed by atoms with Crippen LogP contribution in [0.25, 0.3) is 6.08 Å². The van der Waals surface area contributed by atoms with Gasteiger partial charge in [0.15, 0.2) is 11.5 Å². The second-order valence-electron chi connectivity index (χ2n) is 3.97. The van der Waals surface area contributed by atoms with Gasteiger partial charge in [-0.2, -0.15) is 0 Å². The molecule has 0 radical (unpaired) electrons. The van der Waals surface area contributed by atoms with Crippen LogP contribution in [-0.2, 0) is 9.59 Å². The van der Waals surface area contributed by atoms with E-state index in [1.807, 2.05) is 44.3 Å². The van der Waals surface area contributed by atoms with Crippen molar-refractivity contribution in [3.63, 3.8) is 0 Å². The Labute approximate surface area is 129 Å². The van der Waals surface area contributed by atoms with Gasteiger partial charge in [0.25, 0.3) is 0 Å². The third-order valence-electron chi connectivity index (χ3n) is 2.34. The highest BCUT2D eigenvalue weighted by molar-refractivity contribution is 6.27. The molecule has 0 amide bonds. The number of benzene rings is 1. The minimum absolute atomic E-state index is 0.635. The zero-order valence-corrected chi connectivity index (χ0v) is 12.8. The van der Waals surface area contributed by atoms with Crippen LogP contribution in [0.5, 0.6) is 11.5 Å². The van der Waals surface area contributed by atoms with Gasteiger partial charge in [0.2, 0.25) is 0 Å². The second kappa shape index (κ2) is 11.2. The van der Waals surface area contributed by atoms with Crippen LogP contribution < -0.4 is 14.8 Å². The number of methoxy groups -OCH3 is 1. The minimum Gasteiger partial charge on any atom is -0.493 e. The maximum absolute atomic E-state index is 9.10. The maximum Gasteiger partial charge on any atom is 0.414 e. The molecular formula is C15H21NO6. The average Bonchev–Trinajstić information content (AvgIpc) is 2.49. The number of hydrogen-bond acceptors (Lipinski definition) is 5. The van der Waals surface area contributed by atoms with Gasteiger partial charge in [-0.15, -0.1) is 0 Å². The van der Waals surface area contributed by atoms with Crippen LogP contribution in [0, 0.1) is 0 Å². The summed E-state index contributed by atoms with van der Waals surface area (Å²) in [6, 6.07) is 5.91. The molecule has 0 fully saturated rings. The lowest BCUT2D eigenvalue weighted by atomic mass is 10.2. The SMILES string of the molecule is C/C=C/c1ccc(OCCNC)c(OC)c1.O=C(O)C(=O)O. The molecule has 0 unspecified atom stereocenters. The first-order valence-corrected chi connectivity index (χ1v) is 6.50. The molecule has 1 aromatic carbocycles. The second-order valence-corrected chi connectivity index (χ2v) is 3.97. The Morgan fingerprint density at radius 2 is 1.86 bits per heavy atom. The zero-order chi connectivity index (χ0) is 17.0. The summed E-state index contributed by atoms with van der Waals surface area (Å²) in [6.07, 6.45) is 4.02. The van der Waals surface area contributed by atoms with Crippen molar-refractivity contribution < 1.29 is 29.3 Å². The number of rotatable bonds is 6. The molecule has 0 heterocycles. The molecule has 1 rings (SSSR count). The minimum atomic E-state index is -1.82. The number of carboxylic acids is 2. The van der Waals surface area contributed by atoms with Crippen LogP contribution in [0.3, 0.4) is 0 Å². The van der Waals surface area contributed by atoms with Crippen molar-refractivity contribution in [1.29, 1.82) is 0 Å². The Morgan fingerprint density at radius 3 is 2.32 bits per heavy atom. The fourth-order valence-corrected chi connectivity index (χ4v) is 1.36. The Kier molecular flexibility index (Phi) is 9.87. The first kappa shape index (κ1) is 19.5. The summed E-state index contributed by atoms with van der Waals surface area (Å²) in [5, 5.41) is 17.8. The van der Waals surface area contributed by atoms with E-state index >= 15 is 0 Å². The van der Waals surface area contributed by atoms with Gasteiger partial charge in [-0.3, -0.25) is 0 Å². The van der Waals surface area contributed by atoms with Gasteiger partial charge in [-0.1, -0.05) is 18.2 Å². The molecule has 7 heteroatoms. The van der Waals surface area contributed by atoms with Crippen LogP contribution in [0.1, 0.15) is 12.5 Å². The number of carboxylic acid groups (broad SMARTS) is 2. The van der Waals surface area contributed by atoms with Gasteiger partial charge >= 0.3 is 11.9 Å². The molecule has 7 nitrogen and oxygen atoms in total. The van der Waals surface area contributed by atoms with Gasteiger partial charge in [-0.05, 0) is 31.7 Å². The van der Waals surface area contributed by atoms with Crippen LogP contribution in [0.4, 0.5) is 0 Å². The van der Waals surface area contributed by atoms with Crippen molar-refractivity contribution in [3.8, 4) is 11.5 Å². The summed E-state index contributed by atoms with van der Waals surface area (Å²) in [5.74, 6) is -2.09. The lowest BCUT2D eigenvalue weighted by molar-refractivity contribution is -0.159. The van der Waals surface area contributed by atoms with Gasteiger partial charge in [0.1, 0.15) is 6.61 Å². The van der Waals surface area contributed by atoms with E-state index in [0.29, 0.717) is 6.61 Å². The van der Waals surface area contributed by atoms with Crippen molar-refractivity contribution in [1.82, 2.24) is 5.32 Å².